The summed E-state index contributed by atoms with van der Waals surface area (Å²) in [5, 5.41) is 30.3. The molecule has 8 heteroatoms. The van der Waals surface area contributed by atoms with Gasteiger partial charge in [-0.05, 0) is 6.92 Å². The third-order valence-corrected chi connectivity index (χ3v) is 3.81. The van der Waals surface area contributed by atoms with Crippen LogP contribution in [0.5, 0.6) is 0 Å². The van der Waals surface area contributed by atoms with Crippen LogP contribution in [-0.4, -0.2) is 63.0 Å². The Labute approximate surface area is 110 Å². The molecule has 1 aliphatic heterocycles. The number of hydrogen-bond donors (Lipinski definition) is 5. The summed E-state index contributed by atoms with van der Waals surface area (Å²) in [6, 6.07) is 0. The molecule has 0 bridgehead atoms. The maximum absolute atomic E-state index is 9.77. The number of nitrogens with two attached hydrogens (primary N) is 2. The monoisotopic (exact) mass is 279 g/mol. The molecule has 5 atom stereocenters. The van der Waals surface area contributed by atoms with Gasteiger partial charge in [0.15, 0.2) is 0 Å². The molecule has 0 spiro atoms. The van der Waals surface area contributed by atoms with Gasteiger partial charge < -0.3 is 30.8 Å². The van der Waals surface area contributed by atoms with E-state index in [9.17, 15) is 15.3 Å². The Morgan fingerprint density at radius 2 is 1.94 bits per heavy atom. The molecule has 0 aromatic carbocycles. The zero-order valence-corrected chi connectivity index (χ0v) is 11.2. The second kappa shape index (κ2) is 6.60. The topological polar surface area (TPSA) is 125 Å². The fraction of sp³-hybridized carbons (Fsp3) is 0.800. The Morgan fingerprint density at radius 3 is 2.50 bits per heavy atom. The van der Waals surface area contributed by atoms with E-state index in [1.807, 2.05) is 0 Å². The number of hydrogen-bond acceptors (Lipinski definition) is 8. The van der Waals surface area contributed by atoms with Crippen LogP contribution in [0, 0.1) is 0 Å². The maximum atomic E-state index is 9.77. The molecular weight excluding hydrogens is 258 g/mol. The minimum Gasteiger partial charge on any atom is -0.400 e. The van der Waals surface area contributed by atoms with Crippen LogP contribution in [-0.2, 0) is 4.74 Å². The molecule has 1 saturated heterocycles. The standard InChI is InChI=1S/C10H21N3O4S/c1-5-7(14)8(15)9(16)10(17-5)18-4-6(11)3-13(2)12/h3,5,7-10,14-16H,4,11-12H2,1-2H3/b6-3-/t5?,7-,8?,9?,10+/m1/s1. The Hall–Kier alpha value is -0.510. The lowest BCUT2D eigenvalue weighted by atomic mass is 10.0. The SMILES string of the molecule is CC1O[C@@H](SC/C(N)=C/N(C)N)C(O)C(O)[C@@H]1O. The molecule has 7 N–H and O–H groups in total. The second-order valence-corrected chi connectivity index (χ2v) is 5.45. The third-order valence-electron chi connectivity index (χ3n) is 2.59. The van der Waals surface area contributed by atoms with Gasteiger partial charge in [-0.2, -0.15) is 0 Å². The molecule has 1 fully saturated rings. The second-order valence-electron chi connectivity index (χ2n) is 4.36. The molecule has 0 aliphatic carbocycles. The highest BCUT2D eigenvalue weighted by molar-refractivity contribution is 8.00. The van der Waals surface area contributed by atoms with Crippen molar-refractivity contribution in [1.29, 1.82) is 0 Å². The van der Waals surface area contributed by atoms with Gasteiger partial charge in [0.2, 0.25) is 0 Å². The van der Waals surface area contributed by atoms with Crippen molar-refractivity contribution in [2.75, 3.05) is 12.8 Å². The Morgan fingerprint density at radius 1 is 1.33 bits per heavy atom. The van der Waals surface area contributed by atoms with E-state index in [0.29, 0.717) is 11.4 Å². The fourth-order valence-corrected chi connectivity index (χ4v) is 2.67. The summed E-state index contributed by atoms with van der Waals surface area (Å²) in [5.74, 6) is 5.81. The highest BCUT2D eigenvalue weighted by Gasteiger charge is 2.41. The first-order chi connectivity index (χ1) is 8.32. The van der Waals surface area contributed by atoms with Gasteiger partial charge in [-0.15, -0.1) is 11.8 Å². The number of aliphatic hydroxyl groups excluding tert-OH is 3. The van der Waals surface area contributed by atoms with Crippen LogP contribution in [0.4, 0.5) is 0 Å². The fourth-order valence-electron chi connectivity index (χ4n) is 1.63. The minimum atomic E-state index is -1.21. The smallest absolute Gasteiger partial charge is 0.132 e. The van der Waals surface area contributed by atoms with Gasteiger partial charge in [-0.3, -0.25) is 0 Å². The van der Waals surface area contributed by atoms with Gasteiger partial charge >= 0.3 is 0 Å². The average molecular weight is 279 g/mol. The van der Waals surface area contributed by atoms with Crippen LogP contribution in [0.25, 0.3) is 0 Å². The molecule has 0 saturated carbocycles. The Kier molecular flexibility index (Phi) is 5.70. The largest absolute Gasteiger partial charge is 0.400 e. The molecular formula is C10H21N3O4S. The van der Waals surface area contributed by atoms with Gasteiger partial charge in [-0.1, -0.05) is 0 Å². The maximum Gasteiger partial charge on any atom is 0.132 e. The van der Waals surface area contributed by atoms with Crippen molar-refractivity contribution in [2.45, 2.75) is 36.8 Å². The lowest BCUT2D eigenvalue weighted by molar-refractivity contribution is -0.192. The number of hydrazine groups is 1. The molecule has 7 nitrogen and oxygen atoms in total. The van der Waals surface area contributed by atoms with E-state index in [0.717, 1.165) is 0 Å². The van der Waals surface area contributed by atoms with Crippen LogP contribution in [0.2, 0.25) is 0 Å². The molecule has 3 unspecified atom stereocenters. The van der Waals surface area contributed by atoms with Crippen molar-refractivity contribution in [3.05, 3.63) is 11.9 Å². The number of nitrogens with zero attached hydrogens (tertiary/aromatic N) is 1. The number of ether oxygens (including phenoxy) is 1. The van der Waals surface area contributed by atoms with E-state index in [-0.39, 0.29) is 0 Å². The van der Waals surface area contributed by atoms with E-state index in [4.69, 9.17) is 16.3 Å². The molecule has 0 amide bonds. The van der Waals surface area contributed by atoms with E-state index < -0.39 is 29.9 Å². The van der Waals surface area contributed by atoms with Crippen molar-refractivity contribution in [3.63, 3.8) is 0 Å². The third kappa shape index (κ3) is 4.01. The number of aliphatic hydroxyl groups is 3. The summed E-state index contributed by atoms with van der Waals surface area (Å²) in [6.07, 6.45) is -2.43. The Bertz CT molecular complexity index is 303. The first-order valence-corrected chi connectivity index (χ1v) is 6.62. The first kappa shape index (κ1) is 15.5. The van der Waals surface area contributed by atoms with Crippen molar-refractivity contribution in [2.24, 2.45) is 11.6 Å². The van der Waals surface area contributed by atoms with Crippen LogP contribution in [0.1, 0.15) is 6.92 Å². The predicted molar refractivity (Wildman–Crippen MR) is 69.0 cm³/mol. The van der Waals surface area contributed by atoms with Crippen molar-refractivity contribution >= 4 is 11.8 Å². The molecule has 0 radical (unpaired) electrons. The molecule has 0 aromatic heterocycles. The summed E-state index contributed by atoms with van der Waals surface area (Å²) in [5.41, 5.74) is 5.59. The van der Waals surface area contributed by atoms with Crippen LogP contribution >= 0.6 is 11.8 Å². The summed E-state index contributed by atoms with van der Waals surface area (Å²) in [7, 11) is 1.64. The lowest BCUT2D eigenvalue weighted by Crippen LogP contribution is -2.55. The summed E-state index contributed by atoms with van der Waals surface area (Å²) < 4.78 is 5.41. The quantitative estimate of drug-likeness (QED) is 0.300. The molecule has 1 heterocycles. The highest BCUT2D eigenvalue weighted by atomic mass is 32.2. The zero-order chi connectivity index (χ0) is 13.9. The van der Waals surface area contributed by atoms with Crippen molar-refractivity contribution < 1.29 is 20.1 Å². The summed E-state index contributed by atoms with van der Waals surface area (Å²) in [6.45, 7) is 1.64. The lowest BCUT2D eigenvalue weighted by Gasteiger charge is -2.39. The average Bonchev–Trinajstić information content (AvgIpc) is 2.28. The van der Waals surface area contributed by atoms with E-state index in [1.54, 1.807) is 20.2 Å². The van der Waals surface area contributed by atoms with Crippen molar-refractivity contribution in [1.82, 2.24) is 5.01 Å². The molecule has 18 heavy (non-hydrogen) atoms. The summed E-state index contributed by atoms with van der Waals surface area (Å²) >= 11 is 1.25. The van der Waals surface area contributed by atoms with E-state index >= 15 is 0 Å². The first-order valence-electron chi connectivity index (χ1n) is 5.58. The highest BCUT2D eigenvalue weighted by Crippen LogP contribution is 2.28. The predicted octanol–water partition coefficient (Wildman–Crippen LogP) is -1.85. The van der Waals surface area contributed by atoms with Crippen LogP contribution < -0.4 is 11.6 Å². The van der Waals surface area contributed by atoms with Crippen LogP contribution in [0.3, 0.4) is 0 Å². The molecule has 1 aliphatic rings. The molecule has 1 rings (SSSR count). The normalized spacial score (nSPS) is 37.7. The van der Waals surface area contributed by atoms with Gasteiger partial charge in [0.05, 0.1) is 6.10 Å². The zero-order valence-electron chi connectivity index (χ0n) is 10.4. The summed E-state index contributed by atoms with van der Waals surface area (Å²) in [4.78, 5) is 0. The number of thioether (sulfide) groups is 1. The van der Waals surface area contributed by atoms with Gasteiger partial charge in [-0.25, -0.2) is 5.84 Å². The van der Waals surface area contributed by atoms with Gasteiger partial charge in [0.25, 0.3) is 0 Å². The van der Waals surface area contributed by atoms with Crippen LogP contribution in [0.15, 0.2) is 11.9 Å². The van der Waals surface area contributed by atoms with Gasteiger partial charge in [0.1, 0.15) is 23.7 Å². The van der Waals surface area contributed by atoms with Gasteiger partial charge in [0, 0.05) is 24.7 Å². The molecule has 106 valence electrons. The molecule has 0 aromatic rings. The van der Waals surface area contributed by atoms with Crippen molar-refractivity contribution in [3.8, 4) is 0 Å². The minimum absolute atomic E-state index is 0.402. The van der Waals surface area contributed by atoms with E-state index in [2.05, 4.69) is 0 Å². The van der Waals surface area contributed by atoms with E-state index in [1.165, 1.54) is 16.8 Å². The Balaban J connectivity index is 2.52. The number of rotatable bonds is 4.